The van der Waals surface area contributed by atoms with Crippen molar-refractivity contribution < 1.29 is 0 Å². The molecule has 0 radical (unpaired) electrons. The van der Waals surface area contributed by atoms with Crippen LogP contribution in [0.15, 0.2) is 164 Å². The van der Waals surface area contributed by atoms with Gasteiger partial charge in [-0.2, -0.15) is 0 Å². The number of hydrogen-bond donors (Lipinski definition) is 0. The predicted octanol–water partition coefficient (Wildman–Crippen LogP) is 8.80. The molecule has 0 aromatic heterocycles. The second-order valence-electron chi connectivity index (χ2n) is 13.7. The average Bonchev–Trinajstić information content (AvgIpc) is 3.68. The minimum atomic E-state index is -3.30. The first-order valence-electron chi connectivity index (χ1n) is 16.6. The third kappa shape index (κ3) is 3.50. The van der Waals surface area contributed by atoms with Crippen LogP contribution < -0.4 is 22.5 Å². The van der Waals surface area contributed by atoms with E-state index in [1.165, 1.54) is 66.0 Å². The summed E-state index contributed by atoms with van der Waals surface area (Å²) >= 11 is -3.30. The first-order valence-corrected chi connectivity index (χ1v) is 20.8. The third-order valence-electron chi connectivity index (χ3n) is 11.1. The van der Waals surface area contributed by atoms with Gasteiger partial charge in [-0.05, 0) is 0 Å². The van der Waals surface area contributed by atoms with Gasteiger partial charge in [0.2, 0.25) is 0 Å². The van der Waals surface area contributed by atoms with Crippen LogP contribution in [0.4, 0.5) is 17.1 Å². The van der Waals surface area contributed by atoms with Crippen molar-refractivity contribution in [2.75, 3.05) is 4.90 Å². The molecule has 0 bridgehead atoms. The third-order valence-corrected chi connectivity index (χ3v) is 21.5. The number of rotatable bonds is 3. The van der Waals surface area contributed by atoms with E-state index in [1.54, 1.807) is 13.2 Å². The second kappa shape index (κ2) is 9.70. The van der Waals surface area contributed by atoms with Crippen LogP contribution in [0.1, 0.15) is 25.0 Å². The van der Waals surface area contributed by atoms with Crippen molar-refractivity contribution in [1.29, 1.82) is 0 Å². The van der Waals surface area contributed by atoms with Crippen molar-refractivity contribution in [3.63, 3.8) is 0 Å². The molecule has 3 aliphatic rings. The molecule has 7 aromatic carbocycles. The summed E-state index contributed by atoms with van der Waals surface area (Å²) in [7, 11) is 0. The van der Waals surface area contributed by atoms with E-state index in [1.807, 2.05) is 0 Å². The summed E-state index contributed by atoms with van der Waals surface area (Å²) in [6.07, 6.45) is 0. The second-order valence-corrected chi connectivity index (χ2v) is 21.4. The molecule has 222 valence electrons. The predicted molar refractivity (Wildman–Crippen MR) is 200 cm³/mol. The minimum absolute atomic E-state index is 0.0689. The summed E-state index contributed by atoms with van der Waals surface area (Å²) in [5.41, 5.74) is 14.6. The number of anilines is 3. The molecule has 1 nitrogen and oxygen atoms in total. The van der Waals surface area contributed by atoms with Gasteiger partial charge >= 0.3 is 280 Å². The maximum atomic E-state index is 2.56. The Labute approximate surface area is 279 Å². The van der Waals surface area contributed by atoms with Gasteiger partial charge in [0.05, 0.1) is 0 Å². The molecule has 1 spiro atoms. The topological polar surface area (TPSA) is 3.24 Å². The molecule has 1 aliphatic carbocycles. The Bertz CT molecular complexity index is 2340. The molecule has 0 unspecified atom stereocenters. The Morgan fingerprint density at radius 1 is 0.362 bits per heavy atom. The van der Waals surface area contributed by atoms with Crippen molar-refractivity contribution >= 4 is 47.9 Å². The standard InChI is InChI=1S/C45H33GeN/c1-45(2)39-20-10-6-16-33(39)34-26-24-31(28-40(34)45)47(30-14-4-3-5-15-30)32-25-27-38-37-19-9-13-23-43(37)46(44(38)29-32)41-21-11-7-17-35(41)36-18-8-12-22-42(36)46/h3-29H,1-2H3. The van der Waals surface area contributed by atoms with Gasteiger partial charge in [-0.15, -0.1) is 0 Å². The van der Waals surface area contributed by atoms with Crippen LogP contribution >= 0.6 is 0 Å². The van der Waals surface area contributed by atoms with E-state index in [9.17, 15) is 0 Å². The van der Waals surface area contributed by atoms with E-state index < -0.39 is 13.3 Å². The van der Waals surface area contributed by atoms with Crippen LogP contribution in [0.3, 0.4) is 0 Å². The zero-order valence-corrected chi connectivity index (χ0v) is 28.6. The van der Waals surface area contributed by atoms with Crippen molar-refractivity contribution in [2.24, 2.45) is 0 Å². The van der Waals surface area contributed by atoms with E-state index in [2.05, 4.69) is 183 Å². The average molecular weight is 660 g/mol. The molecule has 0 saturated carbocycles. The number of benzene rings is 7. The molecule has 0 amide bonds. The Kier molecular flexibility index (Phi) is 5.58. The molecule has 47 heavy (non-hydrogen) atoms. The Morgan fingerprint density at radius 2 is 0.809 bits per heavy atom. The van der Waals surface area contributed by atoms with Crippen LogP contribution in [0, 0.1) is 0 Å². The van der Waals surface area contributed by atoms with Gasteiger partial charge in [-0.1, -0.05) is 0 Å². The maximum absolute atomic E-state index is 3.30. The Hall–Kier alpha value is -5.12. The molecule has 2 heteroatoms. The molecule has 0 N–H and O–H groups in total. The Morgan fingerprint density at radius 3 is 1.43 bits per heavy atom. The summed E-state index contributed by atoms with van der Waals surface area (Å²) in [5, 5.41) is 0. The molecule has 0 atom stereocenters. The first kappa shape index (κ1) is 27.0. The summed E-state index contributed by atoms with van der Waals surface area (Å²) in [6, 6.07) is 62.0. The van der Waals surface area contributed by atoms with Gasteiger partial charge in [-0.25, -0.2) is 0 Å². The van der Waals surface area contributed by atoms with Crippen molar-refractivity contribution in [1.82, 2.24) is 0 Å². The molecule has 0 fully saturated rings. The normalized spacial score (nSPS) is 14.9. The quantitative estimate of drug-likeness (QED) is 0.171. The zero-order chi connectivity index (χ0) is 31.3. The fourth-order valence-corrected chi connectivity index (χ4v) is 20.9. The number of hydrogen-bond acceptors (Lipinski definition) is 1. The van der Waals surface area contributed by atoms with Crippen molar-refractivity contribution in [3.05, 3.63) is 175 Å². The summed E-state index contributed by atoms with van der Waals surface area (Å²) < 4.78 is 6.21. The summed E-state index contributed by atoms with van der Waals surface area (Å²) in [5.74, 6) is 0. The number of nitrogens with zero attached hydrogens (tertiary/aromatic N) is 1. The van der Waals surface area contributed by atoms with Crippen molar-refractivity contribution in [2.45, 2.75) is 19.3 Å². The first-order chi connectivity index (χ1) is 23.1. The van der Waals surface area contributed by atoms with E-state index >= 15 is 0 Å². The summed E-state index contributed by atoms with van der Waals surface area (Å²) in [4.78, 5) is 2.48. The van der Waals surface area contributed by atoms with Gasteiger partial charge in [0.15, 0.2) is 0 Å². The molecule has 0 saturated heterocycles. The van der Waals surface area contributed by atoms with Crippen LogP contribution in [-0.4, -0.2) is 13.3 Å². The van der Waals surface area contributed by atoms with Crippen LogP contribution in [0.5, 0.6) is 0 Å². The summed E-state index contributed by atoms with van der Waals surface area (Å²) in [6.45, 7) is 4.74. The molecule has 7 aromatic rings. The van der Waals surface area contributed by atoms with Crippen LogP contribution in [0.2, 0.25) is 0 Å². The van der Waals surface area contributed by atoms with Gasteiger partial charge < -0.3 is 0 Å². The SMILES string of the molecule is CC1(C)c2ccccc2-c2ccc(N(c3ccccc3)c3ccc4[c](c3)[Ge]3([c]5ccccc5-c5cccc[c]53)[c]3ccccc3-4)cc21. The zero-order valence-electron chi connectivity index (χ0n) is 26.5. The molecular weight excluding hydrogens is 627 g/mol. The monoisotopic (exact) mass is 661 g/mol. The van der Waals surface area contributed by atoms with Crippen molar-refractivity contribution in [3.8, 4) is 33.4 Å². The van der Waals surface area contributed by atoms with E-state index in [4.69, 9.17) is 0 Å². The molecule has 10 rings (SSSR count). The van der Waals surface area contributed by atoms with Gasteiger partial charge in [0.1, 0.15) is 0 Å². The number of fused-ring (bicyclic) bond motifs is 13. The van der Waals surface area contributed by atoms with Gasteiger partial charge in [-0.3, -0.25) is 0 Å². The fourth-order valence-electron chi connectivity index (χ4n) is 9.08. The van der Waals surface area contributed by atoms with Gasteiger partial charge in [0.25, 0.3) is 0 Å². The fraction of sp³-hybridized carbons (Fsp3) is 0.0667. The van der Waals surface area contributed by atoms with Crippen LogP contribution in [-0.2, 0) is 5.41 Å². The molecule has 2 heterocycles. The van der Waals surface area contributed by atoms with E-state index in [0.29, 0.717) is 0 Å². The van der Waals surface area contributed by atoms with E-state index in [-0.39, 0.29) is 5.41 Å². The Balaban J connectivity index is 1.23. The molecular formula is C45H33GeN. The van der Waals surface area contributed by atoms with Crippen LogP contribution in [0.25, 0.3) is 33.4 Å². The van der Waals surface area contributed by atoms with E-state index in [0.717, 1.165) is 0 Å². The van der Waals surface area contributed by atoms with Gasteiger partial charge in [0, 0.05) is 0 Å². The molecule has 2 aliphatic heterocycles. The number of para-hydroxylation sites is 1.